The fraction of sp³-hybridized carbons (Fsp3) is 0.118. The maximum absolute atomic E-state index is 12.9. The maximum Gasteiger partial charge on any atom is 0.297 e. The molecule has 0 saturated heterocycles. The van der Waals surface area contributed by atoms with Gasteiger partial charge >= 0.3 is 0 Å². The van der Waals surface area contributed by atoms with Crippen LogP contribution in [0.3, 0.4) is 0 Å². The zero-order valence-corrected chi connectivity index (χ0v) is 12.5. The van der Waals surface area contributed by atoms with Gasteiger partial charge in [0.2, 0.25) is 5.49 Å². The van der Waals surface area contributed by atoms with Crippen LogP contribution in [-0.2, 0) is 13.6 Å². The summed E-state index contributed by atoms with van der Waals surface area (Å²) >= 11 is 0. The van der Waals surface area contributed by atoms with Crippen molar-refractivity contribution in [1.29, 1.82) is 0 Å². The van der Waals surface area contributed by atoms with Crippen LogP contribution in [0.25, 0.3) is 10.9 Å². The summed E-state index contributed by atoms with van der Waals surface area (Å²) in [5.74, 6) is 0. The van der Waals surface area contributed by atoms with Crippen LogP contribution in [-0.4, -0.2) is 14.3 Å². The Hall–Kier alpha value is -3.15. The van der Waals surface area contributed by atoms with Crippen molar-refractivity contribution in [3.05, 3.63) is 86.4 Å². The molecule has 6 heteroatoms. The average molecular weight is 309 g/mol. The van der Waals surface area contributed by atoms with Gasteiger partial charge in [0.25, 0.3) is 11.1 Å². The number of para-hydroxylation sites is 1. The zero-order chi connectivity index (χ0) is 16.4. The van der Waals surface area contributed by atoms with Crippen LogP contribution in [0.5, 0.6) is 0 Å². The van der Waals surface area contributed by atoms with Gasteiger partial charge in [-0.3, -0.25) is 14.2 Å². The number of nitrogens with zero attached hydrogens (tertiary/aromatic N) is 3. The second-order valence-corrected chi connectivity index (χ2v) is 5.18. The van der Waals surface area contributed by atoms with Crippen molar-refractivity contribution in [2.45, 2.75) is 6.54 Å². The molecule has 3 aromatic rings. The summed E-state index contributed by atoms with van der Waals surface area (Å²) in [6.07, 6.45) is 0. The molecule has 0 radical (unpaired) electrons. The molecule has 0 spiro atoms. The summed E-state index contributed by atoms with van der Waals surface area (Å²) in [6, 6.07) is 16.1. The van der Waals surface area contributed by atoms with E-state index in [-0.39, 0.29) is 17.6 Å². The minimum Gasteiger partial charge on any atom is -0.409 e. The van der Waals surface area contributed by atoms with Crippen LogP contribution in [0.2, 0.25) is 0 Å². The van der Waals surface area contributed by atoms with Gasteiger partial charge in [-0.15, -0.1) is 0 Å². The molecule has 0 amide bonds. The summed E-state index contributed by atoms with van der Waals surface area (Å²) in [5, 5.41) is 12.8. The number of aryl methyl sites for hydroxylation is 1. The third-order valence-electron chi connectivity index (χ3n) is 3.77. The van der Waals surface area contributed by atoms with E-state index in [0.29, 0.717) is 10.9 Å². The fourth-order valence-corrected chi connectivity index (χ4v) is 2.57. The standard InChI is InChI=1S/C17H15N3O3/c1-19-14-10-6-5-9-13(14)16(21)20(15(18-23)17(19)22)11-12-7-3-2-4-8-12/h2-10,23H,11H2,1H3. The van der Waals surface area contributed by atoms with Crippen molar-refractivity contribution in [2.24, 2.45) is 12.2 Å². The Balaban J connectivity index is 2.47. The Morgan fingerprint density at radius 2 is 1.61 bits per heavy atom. The zero-order valence-electron chi connectivity index (χ0n) is 12.5. The molecule has 0 aliphatic rings. The van der Waals surface area contributed by atoms with Crippen LogP contribution in [0, 0.1) is 0 Å². The molecule has 0 aliphatic heterocycles. The van der Waals surface area contributed by atoms with E-state index in [4.69, 9.17) is 0 Å². The Morgan fingerprint density at radius 3 is 2.30 bits per heavy atom. The highest BCUT2D eigenvalue weighted by atomic mass is 16.4. The van der Waals surface area contributed by atoms with Gasteiger partial charge in [-0.1, -0.05) is 47.6 Å². The lowest BCUT2D eigenvalue weighted by atomic mass is 10.2. The predicted octanol–water partition coefficient (Wildman–Crippen LogP) is 1.04. The van der Waals surface area contributed by atoms with E-state index < -0.39 is 5.56 Å². The van der Waals surface area contributed by atoms with E-state index in [9.17, 15) is 14.8 Å². The van der Waals surface area contributed by atoms with E-state index >= 15 is 0 Å². The lowest BCUT2D eigenvalue weighted by Crippen LogP contribution is -2.42. The molecule has 1 N–H and O–H groups in total. The average Bonchev–Trinajstić information content (AvgIpc) is 2.67. The summed E-state index contributed by atoms with van der Waals surface area (Å²) in [4.78, 5) is 25.4. The quantitative estimate of drug-likeness (QED) is 0.567. The molecular weight excluding hydrogens is 294 g/mol. The first-order chi connectivity index (χ1) is 11.1. The second-order valence-electron chi connectivity index (χ2n) is 5.18. The molecule has 0 saturated carbocycles. The fourth-order valence-electron chi connectivity index (χ4n) is 2.57. The minimum absolute atomic E-state index is 0.146. The monoisotopic (exact) mass is 309 g/mol. The van der Waals surface area contributed by atoms with Gasteiger partial charge in [0, 0.05) is 7.05 Å². The molecule has 0 unspecified atom stereocenters. The lowest BCUT2D eigenvalue weighted by Gasteiger charge is -2.03. The molecule has 1 aromatic heterocycles. The van der Waals surface area contributed by atoms with Gasteiger partial charge < -0.3 is 9.77 Å². The van der Waals surface area contributed by atoms with Crippen molar-refractivity contribution >= 4 is 10.9 Å². The summed E-state index contributed by atoms with van der Waals surface area (Å²) in [7, 11) is 1.55. The smallest absolute Gasteiger partial charge is 0.297 e. The van der Waals surface area contributed by atoms with Gasteiger partial charge in [-0.25, -0.2) is 0 Å². The van der Waals surface area contributed by atoms with Crippen molar-refractivity contribution in [3.63, 3.8) is 0 Å². The highest BCUT2D eigenvalue weighted by Gasteiger charge is 2.10. The van der Waals surface area contributed by atoms with Crippen LogP contribution >= 0.6 is 0 Å². The van der Waals surface area contributed by atoms with Gasteiger partial charge in [0.15, 0.2) is 0 Å². The first-order valence-corrected chi connectivity index (χ1v) is 7.08. The van der Waals surface area contributed by atoms with Crippen molar-refractivity contribution < 1.29 is 5.21 Å². The molecule has 0 bridgehead atoms. The van der Waals surface area contributed by atoms with E-state index in [2.05, 4.69) is 5.16 Å². The van der Waals surface area contributed by atoms with E-state index in [0.717, 1.165) is 5.56 Å². The SMILES string of the molecule is Cn1c(=O)c(=NO)n(Cc2ccccc2)c(=O)c2ccccc21. The normalized spacial score (nSPS) is 11.8. The first kappa shape index (κ1) is 14.8. The Bertz CT molecular complexity index is 1050. The topological polar surface area (TPSA) is 76.6 Å². The molecule has 116 valence electrons. The van der Waals surface area contributed by atoms with E-state index in [1.54, 1.807) is 31.3 Å². The van der Waals surface area contributed by atoms with Gasteiger partial charge in [0.1, 0.15) is 0 Å². The predicted molar refractivity (Wildman–Crippen MR) is 86.3 cm³/mol. The molecule has 0 atom stereocenters. The minimum atomic E-state index is -0.540. The van der Waals surface area contributed by atoms with Crippen LogP contribution in [0.15, 0.2) is 69.3 Å². The molecule has 2 aromatic carbocycles. The van der Waals surface area contributed by atoms with E-state index in [1.165, 1.54) is 9.13 Å². The summed E-state index contributed by atoms with van der Waals surface area (Å²) in [6.45, 7) is 0.146. The second kappa shape index (κ2) is 5.92. The molecule has 0 aliphatic carbocycles. The molecular formula is C17H15N3O3. The number of hydrogen-bond donors (Lipinski definition) is 1. The summed E-state index contributed by atoms with van der Waals surface area (Å²) in [5.41, 5.74) is 0.102. The molecule has 0 fully saturated rings. The Labute approximate surface area is 131 Å². The lowest BCUT2D eigenvalue weighted by molar-refractivity contribution is 0.291. The maximum atomic E-state index is 12.9. The Kier molecular flexibility index (Phi) is 3.80. The van der Waals surface area contributed by atoms with Gasteiger partial charge in [0.05, 0.1) is 17.4 Å². The van der Waals surface area contributed by atoms with Gasteiger partial charge in [-0.05, 0) is 17.7 Å². The first-order valence-electron chi connectivity index (χ1n) is 7.08. The largest absolute Gasteiger partial charge is 0.409 e. The van der Waals surface area contributed by atoms with Crippen molar-refractivity contribution in [3.8, 4) is 0 Å². The molecule has 6 nitrogen and oxygen atoms in total. The number of hydrogen-bond acceptors (Lipinski definition) is 4. The highest BCUT2D eigenvalue weighted by molar-refractivity contribution is 5.77. The molecule has 23 heavy (non-hydrogen) atoms. The molecule has 3 rings (SSSR count). The molecule has 1 heterocycles. The highest BCUT2D eigenvalue weighted by Crippen LogP contribution is 2.05. The number of fused-ring (bicyclic) bond motifs is 1. The van der Waals surface area contributed by atoms with Crippen LogP contribution < -0.4 is 16.6 Å². The van der Waals surface area contributed by atoms with Crippen LogP contribution in [0.1, 0.15) is 5.56 Å². The Morgan fingerprint density at radius 1 is 0.957 bits per heavy atom. The third-order valence-corrected chi connectivity index (χ3v) is 3.77. The third kappa shape index (κ3) is 2.55. The number of aromatic nitrogens is 2. The number of rotatable bonds is 2. The van der Waals surface area contributed by atoms with Crippen LogP contribution in [0.4, 0.5) is 0 Å². The van der Waals surface area contributed by atoms with E-state index in [1.807, 2.05) is 30.3 Å². The number of benzene rings is 2. The van der Waals surface area contributed by atoms with Gasteiger partial charge in [-0.2, -0.15) is 0 Å². The van der Waals surface area contributed by atoms with Crippen molar-refractivity contribution in [1.82, 2.24) is 9.13 Å². The summed E-state index contributed by atoms with van der Waals surface area (Å²) < 4.78 is 2.51. The van der Waals surface area contributed by atoms with Crippen molar-refractivity contribution in [2.75, 3.05) is 0 Å².